The van der Waals surface area contributed by atoms with E-state index >= 15 is 0 Å². The molecule has 0 heterocycles. The van der Waals surface area contributed by atoms with Crippen LogP contribution < -0.4 is 0 Å². The fourth-order valence-corrected chi connectivity index (χ4v) is 2.72. The van der Waals surface area contributed by atoms with Gasteiger partial charge in [0.2, 0.25) is 0 Å². The van der Waals surface area contributed by atoms with Crippen molar-refractivity contribution in [3.8, 4) is 0 Å². The third-order valence-electron chi connectivity index (χ3n) is 3.36. The van der Waals surface area contributed by atoms with Gasteiger partial charge in [0.05, 0.1) is 0 Å². The summed E-state index contributed by atoms with van der Waals surface area (Å²) in [6.07, 6.45) is 7.84. The topological polar surface area (TPSA) is 23.9 Å². The normalized spacial score (nSPS) is 45.2. The van der Waals surface area contributed by atoms with Crippen LogP contribution in [0.15, 0.2) is 11.6 Å². The van der Waals surface area contributed by atoms with Gasteiger partial charge in [-0.3, -0.25) is 0 Å². The molecule has 1 heteroatoms. The van der Waals surface area contributed by atoms with Crippen molar-refractivity contribution in [2.75, 3.05) is 0 Å². The fraction of sp³-hybridized carbons (Fsp3) is 0.700. The average molecular weight is 149 g/mol. The second-order valence-electron chi connectivity index (χ2n) is 3.83. The smallest absolute Gasteiger partial charge is 0.00136 e. The molecule has 2 aliphatic rings. The van der Waals surface area contributed by atoms with E-state index in [-0.39, 0.29) is 0 Å². The summed E-state index contributed by atoms with van der Waals surface area (Å²) in [5.41, 5.74) is 1.66. The van der Waals surface area contributed by atoms with Gasteiger partial charge in [-0.2, -0.15) is 0 Å². The molecule has 2 aliphatic carbocycles. The van der Waals surface area contributed by atoms with Crippen molar-refractivity contribution in [3.63, 3.8) is 0 Å². The van der Waals surface area contributed by atoms with Crippen LogP contribution >= 0.6 is 0 Å². The Bertz CT molecular complexity index is 205. The van der Waals surface area contributed by atoms with Crippen LogP contribution in [0.25, 0.3) is 0 Å². The minimum absolute atomic E-state index is 0.615. The van der Waals surface area contributed by atoms with E-state index in [4.69, 9.17) is 5.41 Å². The maximum absolute atomic E-state index is 7.23. The Labute approximate surface area is 68.0 Å². The van der Waals surface area contributed by atoms with Crippen LogP contribution in [-0.2, 0) is 0 Å². The van der Waals surface area contributed by atoms with Crippen molar-refractivity contribution < 1.29 is 0 Å². The van der Waals surface area contributed by atoms with Gasteiger partial charge in [0.25, 0.3) is 0 Å². The van der Waals surface area contributed by atoms with Crippen LogP contribution in [-0.4, -0.2) is 6.21 Å². The van der Waals surface area contributed by atoms with Crippen LogP contribution in [0, 0.1) is 23.2 Å². The van der Waals surface area contributed by atoms with Gasteiger partial charge in [-0.15, -0.1) is 0 Å². The highest BCUT2D eigenvalue weighted by Gasteiger charge is 2.40. The Morgan fingerprint density at radius 2 is 2.27 bits per heavy atom. The van der Waals surface area contributed by atoms with Crippen molar-refractivity contribution in [2.45, 2.75) is 26.2 Å². The quantitative estimate of drug-likeness (QED) is 0.438. The molecule has 3 atom stereocenters. The fourth-order valence-electron chi connectivity index (χ4n) is 2.72. The van der Waals surface area contributed by atoms with Crippen molar-refractivity contribution in [3.05, 3.63) is 11.6 Å². The van der Waals surface area contributed by atoms with Gasteiger partial charge >= 0.3 is 0 Å². The van der Waals surface area contributed by atoms with E-state index in [1.165, 1.54) is 19.3 Å². The van der Waals surface area contributed by atoms with Crippen molar-refractivity contribution in [1.82, 2.24) is 0 Å². The van der Waals surface area contributed by atoms with Gasteiger partial charge in [0.1, 0.15) is 0 Å². The Balaban J connectivity index is 2.14. The van der Waals surface area contributed by atoms with Crippen LogP contribution in [0.3, 0.4) is 0 Å². The zero-order valence-corrected chi connectivity index (χ0v) is 7.01. The van der Waals surface area contributed by atoms with Crippen molar-refractivity contribution in [2.24, 2.45) is 17.8 Å². The van der Waals surface area contributed by atoms with E-state index in [9.17, 15) is 0 Å². The van der Waals surface area contributed by atoms with Gasteiger partial charge in [-0.05, 0) is 50.2 Å². The third kappa shape index (κ3) is 0.943. The molecule has 60 valence electrons. The molecule has 1 N–H and O–H groups in total. The molecule has 0 aromatic rings. The molecule has 3 unspecified atom stereocenters. The number of allylic oxidation sites excluding steroid dienone is 2. The molecule has 11 heavy (non-hydrogen) atoms. The van der Waals surface area contributed by atoms with E-state index < -0.39 is 0 Å². The third-order valence-corrected chi connectivity index (χ3v) is 3.36. The predicted molar refractivity (Wildman–Crippen MR) is 46.9 cm³/mol. The number of nitrogens with one attached hydrogen (secondary N) is 1. The summed E-state index contributed by atoms with van der Waals surface area (Å²) in [5, 5.41) is 7.23. The van der Waals surface area contributed by atoms with Gasteiger partial charge < -0.3 is 5.41 Å². The second-order valence-corrected chi connectivity index (χ2v) is 3.83. The number of fused-ring (bicyclic) bond motifs is 2. The maximum atomic E-state index is 7.23. The minimum Gasteiger partial charge on any atom is -0.313 e. The first-order chi connectivity index (χ1) is 5.35. The second kappa shape index (κ2) is 2.47. The number of rotatable bonds is 1. The summed E-state index contributed by atoms with van der Waals surface area (Å²) in [6, 6.07) is 0. The summed E-state index contributed by atoms with van der Waals surface area (Å²) in [6.45, 7) is 2.15. The monoisotopic (exact) mass is 149 g/mol. The Morgan fingerprint density at radius 3 is 2.73 bits per heavy atom. The average Bonchev–Trinajstić information content (AvgIpc) is 2.60. The van der Waals surface area contributed by atoms with Crippen LogP contribution in [0.5, 0.6) is 0 Å². The van der Waals surface area contributed by atoms with E-state index in [1.807, 2.05) is 0 Å². The summed E-state index contributed by atoms with van der Waals surface area (Å²) in [5.74, 6) is 2.28. The van der Waals surface area contributed by atoms with E-state index in [0.717, 1.165) is 11.8 Å². The molecule has 2 saturated carbocycles. The molecule has 0 aromatic carbocycles. The first-order valence-electron chi connectivity index (χ1n) is 4.50. The maximum Gasteiger partial charge on any atom is -0.00136 e. The largest absolute Gasteiger partial charge is 0.313 e. The molecule has 0 radical (unpaired) electrons. The van der Waals surface area contributed by atoms with Gasteiger partial charge in [0, 0.05) is 0 Å². The molecule has 0 aliphatic heterocycles. The van der Waals surface area contributed by atoms with Crippen LogP contribution in [0.1, 0.15) is 26.2 Å². The highest BCUT2D eigenvalue weighted by molar-refractivity contribution is 5.59. The molecule has 2 rings (SSSR count). The first-order valence-corrected chi connectivity index (χ1v) is 4.50. The lowest BCUT2D eigenvalue weighted by molar-refractivity contribution is 0.479. The Kier molecular flexibility index (Phi) is 1.59. The van der Waals surface area contributed by atoms with E-state index in [0.29, 0.717) is 5.92 Å². The summed E-state index contributed by atoms with van der Waals surface area (Å²) < 4.78 is 0. The lowest BCUT2D eigenvalue weighted by atomic mass is 9.86. The van der Waals surface area contributed by atoms with E-state index in [2.05, 4.69) is 13.0 Å². The lowest BCUT2D eigenvalue weighted by Crippen LogP contribution is -2.12. The molecule has 0 amide bonds. The highest BCUT2D eigenvalue weighted by Crippen LogP contribution is 2.50. The molecule has 0 aromatic heterocycles. The van der Waals surface area contributed by atoms with Crippen molar-refractivity contribution >= 4 is 6.21 Å². The predicted octanol–water partition coefficient (Wildman–Crippen LogP) is 2.63. The first kappa shape index (κ1) is 7.08. The Hall–Kier alpha value is -0.590. The Morgan fingerprint density at radius 1 is 1.45 bits per heavy atom. The van der Waals surface area contributed by atoms with Gasteiger partial charge in [0.15, 0.2) is 0 Å². The summed E-state index contributed by atoms with van der Waals surface area (Å²) >= 11 is 0. The molecule has 0 saturated heterocycles. The highest BCUT2D eigenvalue weighted by atomic mass is 14.5. The van der Waals surface area contributed by atoms with Gasteiger partial charge in [-0.25, -0.2) is 0 Å². The SMILES string of the molecule is CC=C1CC2CC1CC2C=N. The molecule has 2 fully saturated rings. The van der Waals surface area contributed by atoms with Crippen LogP contribution in [0.4, 0.5) is 0 Å². The van der Waals surface area contributed by atoms with E-state index in [1.54, 1.807) is 11.8 Å². The zero-order valence-electron chi connectivity index (χ0n) is 7.01. The van der Waals surface area contributed by atoms with Crippen LogP contribution in [0.2, 0.25) is 0 Å². The summed E-state index contributed by atoms with van der Waals surface area (Å²) in [7, 11) is 0. The minimum atomic E-state index is 0.615. The lowest BCUT2D eigenvalue weighted by Gasteiger charge is -2.18. The zero-order chi connectivity index (χ0) is 7.84. The van der Waals surface area contributed by atoms with Gasteiger partial charge in [-0.1, -0.05) is 11.6 Å². The molecular formula is C10H15N. The number of hydrogen-bond acceptors (Lipinski definition) is 1. The molecular weight excluding hydrogens is 134 g/mol. The standard InChI is InChI=1S/C10H15N/c1-2-7-3-9-4-8(7)5-10(9)6-11/h2,6,8-11H,3-5H2,1H3. The molecule has 2 bridgehead atoms. The number of hydrogen-bond donors (Lipinski definition) is 1. The summed E-state index contributed by atoms with van der Waals surface area (Å²) in [4.78, 5) is 0. The molecule has 0 spiro atoms. The molecule has 1 nitrogen and oxygen atoms in total. The van der Waals surface area contributed by atoms with Crippen molar-refractivity contribution in [1.29, 1.82) is 5.41 Å².